The van der Waals surface area contributed by atoms with Crippen molar-refractivity contribution in [2.75, 3.05) is 12.4 Å². The molecule has 0 spiro atoms. The number of methoxy groups -OCH3 is 1. The number of thiazole rings is 1. The van der Waals surface area contributed by atoms with Gasteiger partial charge in [-0.3, -0.25) is 0 Å². The minimum atomic E-state index is -0.290. The third-order valence-electron chi connectivity index (χ3n) is 3.74. The molecule has 0 aliphatic rings. The molecule has 0 saturated heterocycles. The van der Waals surface area contributed by atoms with E-state index in [1.807, 2.05) is 18.2 Å². The molecule has 2 aromatic carbocycles. The van der Waals surface area contributed by atoms with Crippen LogP contribution in [0, 0.1) is 5.82 Å². The SMILES string of the molecule is COc1ccc2sc(CNc3nncc(-c4ccc(F)cc4)n3)nc2c1. The van der Waals surface area contributed by atoms with E-state index in [1.54, 1.807) is 36.8 Å². The lowest BCUT2D eigenvalue weighted by Crippen LogP contribution is -2.05. The van der Waals surface area contributed by atoms with Crippen molar-refractivity contribution in [3.05, 3.63) is 59.5 Å². The summed E-state index contributed by atoms with van der Waals surface area (Å²) in [4.78, 5) is 9.00. The van der Waals surface area contributed by atoms with Gasteiger partial charge in [0.15, 0.2) is 0 Å². The smallest absolute Gasteiger partial charge is 0.243 e. The minimum absolute atomic E-state index is 0.290. The van der Waals surface area contributed by atoms with Crippen LogP contribution in [0.5, 0.6) is 5.75 Å². The predicted molar refractivity (Wildman–Crippen MR) is 98.7 cm³/mol. The lowest BCUT2D eigenvalue weighted by molar-refractivity contribution is 0.415. The Morgan fingerprint density at radius 2 is 1.96 bits per heavy atom. The fourth-order valence-corrected chi connectivity index (χ4v) is 3.34. The van der Waals surface area contributed by atoms with E-state index in [0.29, 0.717) is 18.2 Å². The van der Waals surface area contributed by atoms with E-state index < -0.39 is 0 Å². The van der Waals surface area contributed by atoms with Crippen molar-refractivity contribution in [2.45, 2.75) is 6.54 Å². The monoisotopic (exact) mass is 367 g/mol. The Morgan fingerprint density at radius 1 is 1.12 bits per heavy atom. The highest BCUT2D eigenvalue weighted by Gasteiger charge is 2.07. The molecule has 0 saturated carbocycles. The fourth-order valence-electron chi connectivity index (χ4n) is 2.45. The van der Waals surface area contributed by atoms with Crippen LogP contribution in [0.2, 0.25) is 0 Å². The second-order valence-corrected chi connectivity index (χ2v) is 6.58. The molecule has 0 bridgehead atoms. The number of benzene rings is 2. The average Bonchev–Trinajstić information content (AvgIpc) is 3.09. The number of hydrogen-bond donors (Lipinski definition) is 1. The van der Waals surface area contributed by atoms with Gasteiger partial charge in [-0.15, -0.1) is 16.4 Å². The summed E-state index contributed by atoms with van der Waals surface area (Å²) in [6, 6.07) is 11.9. The van der Waals surface area contributed by atoms with E-state index in [2.05, 4.69) is 25.5 Å². The molecule has 26 heavy (non-hydrogen) atoms. The summed E-state index contributed by atoms with van der Waals surface area (Å²) in [5.74, 6) is 0.882. The van der Waals surface area contributed by atoms with Crippen molar-refractivity contribution < 1.29 is 9.13 Å². The lowest BCUT2D eigenvalue weighted by atomic mass is 10.2. The van der Waals surface area contributed by atoms with Crippen molar-refractivity contribution in [1.82, 2.24) is 20.2 Å². The lowest BCUT2D eigenvalue weighted by Gasteiger charge is -2.04. The van der Waals surface area contributed by atoms with Gasteiger partial charge in [0, 0.05) is 11.6 Å². The number of nitrogens with zero attached hydrogens (tertiary/aromatic N) is 4. The van der Waals surface area contributed by atoms with E-state index in [9.17, 15) is 4.39 Å². The van der Waals surface area contributed by atoms with Gasteiger partial charge in [-0.05, 0) is 36.4 Å². The zero-order chi connectivity index (χ0) is 17.9. The summed E-state index contributed by atoms with van der Waals surface area (Å²) in [5.41, 5.74) is 2.29. The van der Waals surface area contributed by atoms with Crippen LogP contribution in [0.4, 0.5) is 10.3 Å². The highest BCUT2D eigenvalue weighted by molar-refractivity contribution is 7.18. The van der Waals surface area contributed by atoms with Crippen LogP contribution in [0.3, 0.4) is 0 Å². The van der Waals surface area contributed by atoms with Gasteiger partial charge in [-0.2, -0.15) is 5.10 Å². The number of rotatable bonds is 5. The number of nitrogens with one attached hydrogen (secondary N) is 1. The molecule has 130 valence electrons. The quantitative estimate of drug-likeness (QED) is 0.577. The molecule has 0 atom stereocenters. The van der Waals surface area contributed by atoms with E-state index in [1.165, 1.54) is 12.1 Å². The zero-order valence-electron chi connectivity index (χ0n) is 13.8. The number of aromatic nitrogens is 4. The first-order valence-corrected chi connectivity index (χ1v) is 8.66. The van der Waals surface area contributed by atoms with Crippen LogP contribution in [0.15, 0.2) is 48.7 Å². The van der Waals surface area contributed by atoms with Crippen LogP contribution >= 0.6 is 11.3 Å². The molecule has 0 amide bonds. The van der Waals surface area contributed by atoms with Gasteiger partial charge in [0.05, 0.1) is 35.8 Å². The largest absolute Gasteiger partial charge is 0.497 e. The topological polar surface area (TPSA) is 72.8 Å². The van der Waals surface area contributed by atoms with E-state index in [4.69, 9.17) is 4.74 Å². The molecular weight excluding hydrogens is 353 g/mol. The van der Waals surface area contributed by atoms with Gasteiger partial charge in [0.1, 0.15) is 16.6 Å². The number of hydrogen-bond acceptors (Lipinski definition) is 7. The van der Waals surface area contributed by atoms with E-state index in [0.717, 1.165) is 26.5 Å². The highest BCUT2D eigenvalue weighted by Crippen LogP contribution is 2.26. The normalized spacial score (nSPS) is 10.8. The molecule has 6 nitrogen and oxygen atoms in total. The van der Waals surface area contributed by atoms with Gasteiger partial charge in [0.25, 0.3) is 0 Å². The second-order valence-electron chi connectivity index (χ2n) is 5.47. The number of anilines is 1. The van der Waals surface area contributed by atoms with Gasteiger partial charge in [0.2, 0.25) is 5.95 Å². The molecule has 0 radical (unpaired) electrons. The van der Waals surface area contributed by atoms with Crippen LogP contribution in [-0.2, 0) is 6.54 Å². The summed E-state index contributed by atoms with van der Waals surface area (Å²) in [5, 5.41) is 12.0. The Labute approximate surface area is 152 Å². The van der Waals surface area contributed by atoms with Crippen molar-refractivity contribution in [2.24, 2.45) is 0 Å². The standard InChI is InChI=1S/C18H14FN5OS/c1-25-13-6-7-16-14(8-13)22-17(26-16)10-20-18-23-15(9-21-24-18)11-2-4-12(19)5-3-11/h2-9H,10H2,1H3,(H,20,23,24). The Balaban J connectivity index is 1.51. The third-order valence-corrected chi connectivity index (χ3v) is 4.77. The first-order chi connectivity index (χ1) is 12.7. The first-order valence-electron chi connectivity index (χ1n) is 7.84. The summed E-state index contributed by atoms with van der Waals surface area (Å²) in [6.45, 7) is 0.482. The fraction of sp³-hybridized carbons (Fsp3) is 0.111. The molecule has 0 aliphatic carbocycles. The molecule has 1 N–H and O–H groups in total. The van der Waals surface area contributed by atoms with E-state index in [-0.39, 0.29) is 5.82 Å². The summed E-state index contributed by atoms with van der Waals surface area (Å²) in [6.07, 6.45) is 1.54. The van der Waals surface area contributed by atoms with Crippen LogP contribution in [0.1, 0.15) is 5.01 Å². The molecule has 0 unspecified atom stereocenters. The molecule has 4 aromatic rings. The molecule has 2 heterocycles. The second kappa shape index (κ2) is 7.01. The van der Waals surface area contributed by atoms with Gasteiger partial charge < -0.3 is 10.1 Å². The Morgan fingerprint density at radius 3 is 2.77 bits per heavy atom. The Bertz CT molecular complexity index is 1050. The minimum Gasteiger partial charge on any atom is -0.497 e. The van der Waals surface area contributed by atoms with Crippen molar-refractivity contribution in [3.8, 4) is 17.0 Å². The molecule has 0 fully saturated rings. The molecule has 4 rings (SSSR count). The maximum Gasteiger partial charge on any atom is 0.243 e. The highest BCUT2D eigenvalue weighted by atomic mass is 32.1. The Kier molecular flexibility index (Phi) is 4.40. The molecular formula is C18H14FN5OS. The van der Waals surface area contributed by atoms with Gasteiger partial charge >= 0.3 is 0 Å². The summed E-state index contributed by atoms with van der Waals surface area (Å²) < 4.78 is 19.4. The first kappa shape index (κ1) is 16.3. The summed E-state index contributed by atoms with van der Waals surface area (Å²) in [7, 11) is 1.63. The van der Waals surface area contributed by atoms with Crippen molar-refractivity contribution in [1.29, 1.82) is 0 Å². The van der Waals surface area contributed by atoms with Crippen molar-refractivity contribution >= 4 is 27.5 Å². The third kappa shape index (κ3) is 3.45. The molecule has 8 heteroatoms. The van der Waals surface area contributed by atoms with E-state index >= 15 is 0 Å². The maximum absolute atomic E-state index is 13.1. The average molecular weight is 367 g/mol. The van der Waals surface area contributed by atoms with Crippen LogP contribution in [-0.4, -0.2) is 27.3 Å². The number of ether oxygens (including phenoxy) is 1. The van der Waals surface area contributed by atoms with Crippen molar-refractivity contribution in [3.63, 3.8) is 0 Å². The summed E-state index contributed by atoms with van der Waals surface area (Å²) >= 11 is 1.59. The number of halogens is 1. The predicted octanol–water partition coefficient (Wildman–Crippen LogP) is 3.91. The maximum atomic E-state index is 13.1. The van der Waals surface area contributed by atoms with Crippen LogP contribution < -0.4 is 10.1 Å². The number of fused-ring (bicyclic) bond motifs is 1. The van der Waals surface area contributed by atoms with Gasteiger partial charge in [-0.1, -0.05) is 0 Å². The molecule has 0 aliphatic heterocycles. The Hall–Kier alpha value is -3.13. The molecule has 2 aromatic heterocycles. The van der Waals surface area contributed by atoms with Crippen LogP contribution in [0.25, 0.3) is 21.5 Å². The van der Waals surface area contributed by atoms with Gasteiger partial charge in [-0.25, -0.2) is 14.4 Å². The zero-order valence-corrected chi connectivity index (χ0v) is 14.6.